The van der Waals surface area contributed by atoms with Gasteiger partial charge in [0.2, 0.25) is 0 Å². The van der Waals surface area contributed by atoms with E-state index in [1.165, 1.54) is 11.3 Å². The molecule has 3 aromatic rings. The lowest BCUT2D eigenvalue weighted by atomic mass is 10.1. The third-order valence-corrected chi connectivity index (χ3v) is 4.63. The number of hydrogen-bond donors (Lipinski definition) is 2. The lowest BCUT2D eigenvalue weighted by Gasteiger charge is -2.24. The molecule has 26 heavy (non-hydrogen) atoms. The number of esters is 1. The molecule has 0 aliphatic heterocycles. The molecule has 2 aromatic carbocycles. The van der Waals surface area contributed by atoms with Crippen LogP contribution in [0.15, 0.2) is 48.5 Å². The fourth-order valence-electron chi connectivity index (χ4n) is 2.52. The number of benzene rings is 2. The zero-order valence-corrected chi connectivity index (χ0v) is 15.8. The van der Waals surface area contributed by atoms with Crippen LogP contribution < -0.4 is 5.32 Å². The van der Waals surface area contributed by atoms with Crippen LogP contribution in [-0.2, 0) is 16.0 Å². The summed E-state index contributed by atoms with van der Waals surface area (Å²) in [5.74, 6) is -0.133. The smallest absolute Gasteiger partial charge is 0.329 e. The number of aromatic nitrogens is 1. The van der Waals surface area contributed by atoms with E-state index in [0.29, 0.717) is 11.6 Å². The monoisotopic (exact) mass is 370 g/mol. The molecule has 136 valence electrons. The molecule has 1 aromatic heterocycles. The second-order valence-corrected chi connectivity index (χ2v) is 8.12. The Hall–Kier alpha value is -2.60. The Balaban J connectivity index is 1.83. The van der Waals surface area contributed by atoms with E-state index >= 15 is 0 Å². The number of thiazole rings is 1. The van der Waals surface area contributed by atoms with Gasteiger partial charge < -0.3 is 15.2 Å². The molecule has 0 amide bonds. The Morgan fingerprint density at radius 2 is 1.88 bits per heavy atom. The highest BCUT2D eigenvalue weighted by Crippen LogP contribution is 2.27. The highest BCUT2D eigenvalue weighted by molar-refractivity contribution is 7.22. The number of ether oxygens (including phenoxy) is 1. The van der Waals surface area contributed by atoms with E-state index in [2.05, 4.69) is 10.3 Å². The average molecular weight is 370 g/mol. The largest absolute Gasteiger partial charge is 0.508 e. The standard InChI is InChI=1S/C20H22N2O3S/c1-20(2,3)25-18(24)16(12-13-8-10-14(23)11-9-13)22-19-21-15-6-4-5-7-17(15)26-19/h4-11,16,23H,12H2,1-3H3,(H,21,22). The lowest BCUT2D eigenvalue weighted by molar-refractivity contribution is -0.155. The van der Waals surface area contributed by atoms with Gasteiger partial charge in [-0.15, -0.1) is 0 Å². The maximum Gasteiger partial charge on any atom is 0.329 e. The van der Waals surface area contributed by atoms with Gasteiger partial charge in [-0.1, -0.05) is 35.6 Å². The van der Waals surface area contributed by atoms with E-state index in [-0.39, 0.29) is 11.7 Å². The van der Waals surface area contributed by atoms with Crippen molar-refractivity contribution < 1.29 is 14.6 Å². The highest BCUT2D eigenvalue weighted by atomic mass is 32.1. The molecule has 2 N–H and O–H groups in total. The van der Waals surface area contributed by atoms with E-state index in [1.807, 2.05) is 45.0 Å². The number of carbonyl (C=O) groups is 1. The summed E-state index contributed by atoms with van der Waals surface area (Å²) in [5.41, 5.74) is 1.25. The van der Waals surface area contributed by atoms with Gasteiger partial charge in [0.1, 0.15) is 17.4 Å². The van der Waals surface area contributed by atoms with E-state index in [0.717, 1.165) is 15.8 Å². The molecule has 0 saturated heterocycles. The first kappa shape index (κ1) is 18.2. The second-order valence-electron chi connectivity index (χ2n) is 7.09. The molecule has 1 heterocycles. The number of phenols is 1. The van der Waals surface area contributed by atoms with Crippen LogP contribution in [0.4, 0.5) is 5.13 Å². The van der Waals surface area contributed by atoms with Gasteiger partial charge in [0.25, 0.3) is 0 Å². The molecular weight excluding hydrogens is 348 g/mol. The van der Waals surface area contributed by atoms with Crippen molar-refractivity contribution in [3.8, 4) is 5.75 Å². The van der Waals surface area contributed by atoms with Gasteiger partial charge in [0, 0.05) is 6.42 Å². The predicted molar refractivity (Wildman–Crippen MR) is 105 cm³/mol. The second kappa shape index (κ2) is 7.33. The SMILES string of the molecule is CC(C)(C)OC(=O)C(Cc1ccc(O)cc1)Nc1nc2ccccc2s1. The van der Waals surface area contributed by atoms with Crippen molar-refractivity contribution in [2.24, 2.45) is 0 Å². The zero-order chi connectivity index (χ0) is 18.7. The zero-order valence-electron chi connectivity index (χ0n) is 15.0. The van der Waals surface area contributed by atoms with Crippen LogP contribution in [-0.4, -0.2) is 27.7 Å². The highest BCUT2D eigenvalue weighted by Gasteiger charge is 2.26. The summed E-state index contributed by atoms with van der Waals surface area (Å²) < 4.78 is 6.63. The number of anilines is 1. The number of aromatic hydroxyl groups is 1. The number of phenolic OH excluding ortho intramolecular Hbond substituents is 1. The Morgan fingerprint density at radius 1 is 1.19 bits per heavy atom. The van der Waals surface area contributed by atoms with Crippen LogP contribution in [0, 0.1) is 0 Å². The van der Waals surface area contributed by atoms with Crippen LogP contribution in [0.3, 0.4) is 0 Å². The van der Waals surface area contributed by atoms with E-state index < -0.39 is 11.6 Å². The van der Waals surface area contributed by atoms with Crippen molar-refractivity contribution in [2.75, 3.05) is 5.32 Å². The molecule has 5 nitrogen and oxygen atoms in total. The molecule has 0 bridgehead atoms. The van der Waals surface area contributed by atoms with Gasteiger partial charge in [-0.05, 0) is 50.6 Å². The quantitative estimate of drug-likeness (QED) is 0.653. The molecule has 6 heteroatoms. The first-order chi connectivity index (χ1) is 12.3. The maximum absolute atomic E-state index is 12.7. The van der Waals surface area contributed by atoms with Gasteiger partial charge in [-0.25, -0.2) is 9.78 Å². The number of fused-ring (bicyclic) bond motifs is 1. The topological polar surface area (TPSA) is 71.5 Å². The van der Waals surface area contributed by atoms with Crippen LogP contribution in [0.1, 0.15) is 26.3 Å². The number of rotatable bonds is 5. The maximum atomic E-state index is 12.7. The molecule has 0 aliphatic carbocycles. The van der Waals surface area contributed by atoms with Crippen molar-refractivity contribution in [2.45, 2.75) is 38.8 Å². The fraction of sp³-hybridized carbons (Fsp3) is 0.300. The molecule has 1 atom stereocenters. The normalized spacial score (nSPS) is 12.7. The molecule has 3 rings (SSSR count). The number of nitrogens with one attached hydrogen (secondary N) is 1. The van der Waals surface area contributed by atoms with Gasteiger partial charge in [0.05, 0.1) is 10.2 Å². The van der Waals surface area contributed by atoms with Gasteiger partial charge in [0.15, 0.2) is 5.13 Å². The molecule has 0 fully saturated rings. The van der Waals surface area contributed by atoms with Crippen molar-refractivity contribution in [3.63, 3.8) is 0 Å². The average Bonchev–Trinajstić information content (AvgIpc) is 2.97. The minimum atomic E-state index is -0.570. The predicted octanol–water partition coefficient (Wildman–Crippen LogP) is 4.37. The van der Waals surface area contributed by atoms with Crippen LogP contribution in [0.5, 0.6) is 5.75 Å². The van der Waals surface area contributed by atoms with E-state index in [4.69, 9.17) is 4.74 Å². The van der Waals surface area contributed by atoms with Crippen molar-refractivity contribution in [3.05, 3.63) is 54.1 Å². The first-order valence-electron chi connectivity index (χ1n) is 8.43. The summed E-state index contributed by atoms with van der Waals surface area (Å²) in [6, 6.07) is 14.1. The summed E-state index contributed by atoms with van der Waals surface area (Å²) >= 11 is 1.50. The molecule has 0 spiro atoms. The minimum absolute atomic E-state index is 0.196. The van der Waals surface area contributed by atoms with Crippen LogP contribution in [0.25, 0.3) is 10.2 Å². The Labute approximate surface area is 156 Å². The minimum Gasteiger partial charge on any atom is -0.508 e. The Morgan fingerprint density at radius 3 is 2.54 bits per heavy atom. The summed E-state index contributed by atoms with van der Waals surface area (Å²) in [5, 5.41) is 13.4. The summed E-state index contributed by atoms with van der Waals surface area (Å²) in [6.07, 6.45) is 0.436. The van der Waals surface area contributed by atoms with E-state index in [9.17, 15) is 9.90 Å². The molecule has 0 radical (unpaired) electrons. The summed E-state index contributed by atoms with van der Waals surface area (Å²) in [7, 11) is 0. The number of para-hydroxylation sites is 1. The Kier molecular flexibility index (Phi) is 5.13. The van der Waals surface area contributed by atoms with E-state index in [1.54, 1.807) is 24.3 Å². The summed E-state index contributed by atoms with van der Waals surface area (Å²) in [6.45, 7) is 5.54. The van der Waals surface area contributed by atoms with Crippen molar-refractivity contribution in [1.29, 1.82) is 0 Å². The third kappa shape index (κ3) is 4.73. The Bertz CT molecular complexity index is 864. The van der Waals surface area contributed by atoms with Crippen molar-refractivity contribution >= 4 is 32.7 Å². The third-order valence-electron chi connectivity index (χ3n) is 3.66. The molecular formula is C20H22N2O3S. The van der Waals surface area contributed by atoms with Gasteiger partial charge in [-0.2, -0.15) is 0 Å². The lowest BCUT2D eigenvalue weighted by Crippen LogP contribution is -2.38. The van der Waals surface area contributed by atoms with Gasteiger partial charge >= 0.3 is 5.97 Å². The summed E-state index contributed by atoms with van der Waals surface area (Å²) in [4.78, 5) is 17.2. The number of carbonyl (C=O) groups excluding carboxylic acids is 1. The van der Waals surface area contributed by atoms with Crippen LogP contribution >= 0.6 is 11.3 Å². The van der Waals surface area contributed by atoms with Gasteiger partial charge in [-0.3, -0.25) is 0 Å². The first-order valence-corrected chi connectivity index (χ1v) is 9.25. The number of nitrogens with zero attached hydrogens (tertiary/aromatic N) is 1. The molecule has 1 unspecified atom stereocenters. The van der Waals surface area contributed by atoms with Crippen molar-refractivity contribution in [1.82, 2.24) is 4.98 Å². The number of hydrogen-bond acceptors (Lipinski definition) is 6. The molecule has 0 saturated carbocycles. The fourth-order valence-corrected chi connectivity index (χ4v) is 3.44. The molecule has 0 aliphatic rings. The van der Waals surface area contributed by atoms with Crippen LogP contribution in [0.2, 0.25) is 0 Å².